The van der Waals surface area contributed by atoms with Crippen molar-refractivity contribution in [2.45, 2.75) is 28.4 Å². The van der Waals surface area contributed by atoms with Gasteiger partial charge in [0, 0.05) is 50.5 Å². The first-order chi connectivity index (χ1) is 34.1. The number of benzene rings is 8. The third-order valence-corrected chi connectivity index (χ3v) is 14.8. The Morgan fingerprint density at radius 2 is 0.814 bits per heavy atom. The number of allylic oxidation sites excluding steroid dienone is 1. The molecule has 70 heavy (non-hydrogen) atoms. The molecule has 0 spiro atoms. The van der Waals surface area contributed by atoms with Gasteiger partial charge in [0.05, 0.1) is 39.8 Å². The predicted octanol–water partition coefficient (Wildman–Crippen LogP) is 14.8. The van der Waals surface area contributed by atoms with Crippen LogP contribution in [-0.4, -0.2) is 53.2 Å². The van der Waals surface area contributed by atoms with E-state index in [1.54, 1.807) is 59.3 Å². The second-order valence-electron chi connectivity index (χ2n) is 16.5. The molecule has 354 valence electrons. The fourth-order valence-electron chi connectivity index (χ4n) is 8.83. The van der Waals surface area contributed by atoms with E-state index in [9.17, 15) is 13.0 Å². The number of fused-ring (bicyclic) bond motifs is 2. The summed E-state index contributed by atoms with van der Waals surface area (Å²) in [5.41, 5.74) is 11.8. The smallest absolute Gasteiger partial charge is 0.271 e. The van der Waals surface area contributed by atoms with Gasteiger partial charge in [-0.1, -0.05) is 72.4 Å². The topological polar surface area (TPSA) is 101 Å². The van der Waals surface area contributed by atoms with Crippen LogP contribution in [0, 0.1) is 0 Å². The van der Waals surface area contributed by atoms with Gasteiger partial charge in [-0.3, -0.25) is 4.55 Å². The normalized spacial score (nSPS) is 12.5. The Morgan fingerprint density at radius 1 is 0.500 bits per heavy atom. The minimum absolute atomic E-state index is 0.170. The molecule has 9 rings (SSSR count). The molecule has 1 atom stereocenters. The summed E-state index contributed by atoms with van der Waals surface area (Å²) < 4.78 is 57.5. The maximum Gasteiger partial charge on any atom is 0.271 e. The Balaban J connectivity index is 1.11. The number of ether oxygens (including phenoxy) is 4. The van der Waals surface area contributed by atoms with Gasteiger partial charge in [-0.15, -0.1) is 0 Å². The minimum atomic E-state index is -4.35. The average molecular weight is 968 g/mol. The largest absolute Gasteiger partial charge is 0.497 e. The Kier molecular flexibility index (Phi) is 14.2. The van der Waals surface area contributed by atoms with Gasteiger partial charge in [-0.25, -0.2) is 0 Å². The predicted molar refractivity (Wildman–Crippen MR) is 285 cm³/mol. The second-order valence-corrected chi connectivity index (χ2v) is 19.1. The Bertz CT molecular complexity index is 2920. The molecule has 1 aliphatic rings. The first kappa shape index (κ1) is 47.4. The standard InChI is InChI=1S/C58H53N3O7S2/c1-6-9-52(70(62,63)64)38-39-59-55-12-7-10-53(40-14-18-42(19-15-40)60(44-22-30-48(65-2)31-23-44)45-24-32-49(66-3)33-25-45)57(55)69-58-54(11-8-13-56(58)59)41-16-20-43(21-17-41)61(46-26-34-50(67-4)35-27-46)47-28-36-51(68-5)37-29-47/h6-37,52H,38-39H2,1-5H3,(H,62,63,64)/b9-6+. The van der Waals surface area contributed by atoms with Gasteiger partial charge in [0.25, 0.3) is 10.1 Å². The Labute approximate surface area is 414 Å². The molecule has 0 bridgehead atoms. The van der Waals surface area contributed by atoms with E-state index >= 15 is 0 Å². The molecule has 0 aliphatic carbocycles. The van der Waals surface area contributed by atoms with E-state index in [1.807, 2.05) is 109 Å². The molecule has 10 nitrogen and oxygen atoms in total. The first-order valence-electron chi connectivity index (χ1n) is 22.8. The highest BCUT2D eigenvalue weighted by atomic mass is 32.2. The Morgan fingerprint density at radius 3 is 1.10 bits per heavy atom. The number of rotatable bonds is 17. The lowest BCUT2D eigenvalue weighted by Crippen LogP contribution is -2.28. The van der Waals surface area contributed by atoms with Gasteiger partial charge in [-0.05, 0) is 169 Å². The summed E-state index contributed by atoms with van der Waals surface area (Å²) in [5, 5.41) is -1.07. The third-order valence-electron chi connectivity index (χ3n) is 12.4. The number of hydrogen-bond acceptors (Lipinski definition) is 10. The average Bonchev–Trinajstić information content (AvgIpc) is 3.40. The molecular weight excluding hydrogens is 915 g/mol. The molecule has 1 aliphatic heterocycles. The van der Waals surface area contributed by atoms with Crippen LogP contribution >= 0.6 is 11.8 Å². The molecule has 0 aromatic heterocycles. The summed E-state index contributed by atoms with van der Waals surface area (Å²) in [7, 11) is 2.29. The highest BCUT2D eigenvalue weighted by molar-refractivity contribution is 8.00. The van der Waals surface area contributed by atoms with Crippen LogP contribution in [0.2, 0.25) is 0 Å². The summed E-state index contributed by atoms with van der Waals surface area (Å²) in [5.74, 6) is 3.08. The zero-order valence-electron chi connectivity index (χ0n) is 39.5. The van der Waals surface area contributed by atoms with Crippen molar-refractivity contribution in [2.75, 3.05) is 49.7 Å². The minimum Gasteiger partial charge on any atom is -0.497 e. The summed E-state index contributed by atoms with van der Waals surface area (Å²) in [4.78, 5) is 8.65. The molecule has 1 N–H and O–H groups in total. The fourth-order valence-corrected chi connectivity index (χ4v) is 11.0. The highest BCUT2D eigenvalue weighted by Crippen LogP contribution is 2.55. The second kappa shape index (κ2) is 20.9. The lowest BCUT2D eigenvalue weighted by molar-refractivity contribution is 0.414. The lowest BCUT2D eigenvalue weighted by Gasteiger charge is -2.35. The molecule has 0 saturated heterocycles. The van der Waals surface area contributed by atoms with Crippen molar-refractivity contribution in [3.63, 3.8) is 0 Å². The van der Waals surface area contributed by atoms with Crippen molar-refractivity contribution in [1.82, 2.24) is 0 Å². The van der Waals surface area contributed by atoms with Crippen LogP contribution in [-0.2, 0) is 10.1 Å². The molecule has 8 aromatic rings. The third kappa shape index (κ3) is 9.93. The molecule has 0 saturated carbocycles. The van der Waals surface area contributed by atoms with E-state index in [1.165, 1.54) is 0 Å². The summed E-state index contributed by atoms with van der Waals surface area (Å²) in [6, 6.07) is 61.6. The molecule has 1 heterocycles. The van der Waals surface area contributed by atoms with E-state index in [4.69, 9.17) is 18.9 Å². The quantitative estimate of drug-likeness (QED) is 0.0697. The van der Waals surface area contributed by atoms with Crippen LogP contribution in [0.5, 0.6) is 23.0 Å². The summed E-state index contributed by atoms with van der Waals surface area (Å²) >= 11 is 1.71. The van der Waals surface area contributed by atoms with E-state index in [0.717, 1.165) is 101 Å². The van der Waals surface area contributed by atoms with Gasteiger partial charge in [0.2, 0.25) is 0 Å². The van der Waals surface area contributed by atoms with Gasteiger partial charge in [0.15, 0.2) is 0 Å². The molecular formula is C58H53N3O7S2. The lowest BCUT2D eigenvalue weighted by atomic mass is 10.0. The van der Waals surface area contributed by atoms with E-state index in [0.29, 0.717) is 6.54 Å². The van der Waals surface area contributed by atoms with Crippen LogP contribution < -0.4 is 33.6 Å². The summed E-state index contributed by atoms with van der Waals surface area (Å²) in [6.07, 6.45) is 3.39. The highest BCUT2D eigenvalue weighted by Gasteiger charge is 2.30. The maximum atomic E-state index is 12.6. The molecule has 0 radical (unpaired) electrons. The van der Waals surface area contributed by atoms with E-state index < -0.39 is 15.4 Å². The van der Waals surface area contributed by atoms with Crippen molar-refractivity contribution < 1.29 is 31.9 Å². The van der Waals surface area contributed by atoms with Crippen LogP contribution in [0.1, 0.15) is 13.3 Å². The van der Waals surface area contributed by atoms with Crippen LogP contribution in [0.15, 0.2) is 204 Å². The monoisotopic (exact) mass is 967 g/mol. The van der Waals surface area contributed by atoms with E-state index in [2.05, 4.69) is 87.5 Å². The molecule has 12 heteroatoms. The first-order valence-corrected chi connectivity index (χ1v) is 25.1. The number of methoxy groups -OCH3 is 4. The van der Waals surface area contributed by atoms with E-state index in [-0.39, 0.29) is 6.42 Å². The molecule has 0 fully saturated rings. The Hall–Kier alpha value is -7.64. The molecule has 8 aromatic carbocycles. The van der Waals surface area contributed by atoms with Gasteiger partial charge in [-0.2, -0.15) is 8.42 Å². The SMILES string of the molecule is C/C=C/C(CCN1c2cccc(-c3ccc(N(c4ccc(OC)cc4)c4ccc(OC)cc4)cc3)c2Sc2c(-c3ccc(N(c4ccc(OC)cc4)c4ccc(OC)cc4)cc3)cccc21)S(=O)(=O)O. The van der Waals surface area contributed by atoms with Crippen molar-refractivity contribution >= 4 is 67.4 Å². The van der Waals surface area contributed by atoms with Crippen molar-refractivity contribution in [3.8, 4) is 45.3 Å². The van der Waals surface area contributed by atoms with Crippen LogP contribution in [0.25, 0.3) is 22.3 Å². The maximum absolute atomic E-state index is 12.6. The van der Waals surface area contributed by atoms with Crippen molar-refractivity contribution in [3.05, 3.63) is 194 Å². The van der Waals surface area contributed by atoms with Gasteiger partial charge >= 0.3 is 0 Å². The molecule has 0 amide bonds. The van der Waals surface area contributed by atoms with Gasteiger partial charge in [0.1, 0.15) is 28.2 Å². The van der Waals surface area contributed by atoms with Gasteiger partial charge < -0.3 is 33.6 Å². The van der Waals surface area contributed by atoms with Crippen LogP contribution in [0.4, 0.5) is 45.5 Å². The molecule has 1 unspecified atom stereocenters. The zero-order valence-corrected chi connectivity index (χ0v) is 41.2. The van der Waals surface area contributed by atoms with Crippen LogP contribution in [0.3, 0.4) is 0 Å². The number of hydrogen-bond donors (Lipinski definition) is 1. The number of anilines is 8. The number of nitrogens with zero attached hydrogens (tertiary/aromatic N) is 3. The summed E-state index contributed by atoms with van der Waals surface area (Å²) in [6.45, 7) is 2.09. The van der Waals surface area contributed by atoms with Crippen molar-refractivity contribution in [1.29, 1.82) is 0 Å². The van der Waals surface area contributed by atoms with Crippen molar-refractivity contribution in [2.24, 2.45) is 0 Å². The fraction of sp³-hybridized carbons (Fsp3) is 0.138. The zero-order chi connectivity index (χ0) is 48.8.